The van der Waals surface area contributed by atoms with Gasteiger partial charge in [-0.3, -0.25) is 0 Å². The van der Waals surface area contributed by atoms with Crippen LogP contribution in [0.5, 0.6) is 5.88 Å². The minimum Gasteiger partial charge on any atom is -0.475 e. The van der Waals surface area contributed by atoms with E-state index in [0.717, 1.165) is 19.5 Å². The lowest BCUT2D eigenvalue weighted by Crippen LogP contribution is -2.23. The maximum absolute atomic E-state index is 10.6. The monoisotopic (exact) mass is 444 g/mol. The highest BCUT2D eigenvalue weighted by molar-refractivity contribution is 6.66. The lowest BCUT2D eigenvalue weighted by Gasteiger charge is -2.15. The third kappa shape index (κ3) is 8.82. The second-order valence-electron chi connectivity index (χ2n) is 4.53. The van der Waals surface area contributed by atoms with Gasteiger partial charge in [-0.05, 0) is 47.8 Å². The van der Waals surface area contributed by atoms with Crippen molar-refractivity contribution < 1.29 is 27.8 Å². The fourth-order valence-corrected chi connectivity index (χ4v) is 1.91. The highest BCUT2D eigenvalue weighted by Gasteiger charge is 2.38. The molecular weight excluding hydrogens is 435 g/mol. The Balaban J connectivity index is 0.000000381. The molecule has 0 aromatic carbocycles. The molecule has 2 heterocycles. The molecule has 0 amide bonds. The third-order valence-corrected chi connectivity index (χ3v) is 3.05. The van der Waals surface area contributed by atoms with Crippen LogP contribution in [0.1, 0.15) is 6.42 Å². The topological polar surface area (TPSA) is 96.4 Å². The van der Waals surface area contributed by atoms with E-state index >= 15 is 0 Å². The van der Waals surface area contributed by atoms with Crippen LogP contribution in [0.2, 0.25) is 5.02 Å². The van der Waals surface area contributed by atoms with Gasteiger partial charge in [0.2, 0.25) is 11.8 Å². The molecule has 1 aromatic heterocycles. The second kappa shape index (κ2) is 9.13. The Bertz CT molecular complexity index is 595. The van der Waals surface area contributed by atoms with Gasteiger partial charge < -0.3 is 20.5 Å². The van der Waals surface area contributed by atoms with Gasteiger partial charge in [0.25, 0.3) is 0 Å². The summed E-state index contributed by atoms with van der Waals surface area (Å²) in [6.45, 7) is 1.81. The predicted octanol–water partition coefficient (Wildman–Crippen LogP) is 3.24. The van der Waals surface area contributed by atoms with Gasteiger partial charge in [0, 0.05) is 12.6 Å². The largest absolute Gasteiger partial charge is 0.490 e. The molecule has 1 atom stereocenters. The molecule has 25 heavy (non-hydrogen) atoms. The van der Waals surface area contributed by atoms with Gasteiger partial charge in [0.05, 0.1) is 6.20 Å². The maximum Gasteiger partial charge on any atom is 0.490 e. The van der Waals surface area contributed by atoms with Crippen molar-refractivity contribution in [1.29, 1.82) is 0 Å². The highest BCUT2D eigenvalue weighted by Crippen LogP contribution is 2.33. The van der Waals surface area contributed by atoms with Crippen molar-refractivity contribution in [1.82, 2.24) is 15.3 Å². The molecule has 0 spiro atoms. The van der Waals surface area contributed by atoms with Crippen molar-refractivity contribution in [2.75, 3.05) is 18.4 Å². The molecule has 0 bridgehead atoms. The molecule has 14 heteroatoms. The van der Waals surface area contributed by atoms with Gasteiger partial charge in [0.1, 0.15) is 5.02 Å². The van der Waals surface area contributed by atoms with Crippen LogP contribution < -0.4 is 15.4 Å². The van der Waals surface area contributed by atoms with Gasteiger partial charge in [0.15, 0.2) is 0 Å². The lowest BCUT2D eigenvalue weighted by molar-refractivity contribution is -0.192. The summed E-state index contributed by atoms with van der Waals surface area (Å²) in [6.07, 6.45) is -2.70. The Hall–Kier alpha value is -0.940. The highest BCUT2D eigenvalue weighted by atomic mass is 35.6. The number of rotatable bonds is 3. The van der Waals surface area contributed by atoms with Gasteiger partial charge in [-0.1, -0.05) is 11.6 Å². The number of anilines is 1. The van der Waals surface area contributed by atoms with E-state index in [4.69, 9.17) is 61.0 Å². The first-order valence-corrected chi connectivity index (χ1v) is 7.95. The summed E-state index contributed by atoms with van der Waals surface area (Å²) in [4.78, 5) is 17.0. The van der Waals surface area contributed by atoms with Crippen molar-refractivity contribution in [3.05, 3.63) is 11.2 Å². The minimum absolute atomic E-state index is 0.0279. The van der Waals surface area contributed by atoms with Gasteiger partial charge >= 0.3 is 16.1 Å². The van der Waals surface area contributed by atoms with Crippen molar-refractivity contribution in [3.8, 4) is 5.88 Å². The van der Waals surface area contributed by atoms with Crippen LogP contribution in [0.4, 0.5) is 19.1 Å². The zero-order valence-corrected chi connectivity index (χ0v) is 15.1. The van der Waals surface area contributed by atoms with Crippen molar-refractivity contribution in [2.24, 2.45) is 0 Å². The molecule has 142 valence electrons. The number of aliphatic carboxylic acids is 1. The molecule has 0 saturated carbocycles. The van der Waals surface area contributed by atoms with E-state index in [1.54, 1.807) is 0 Å². The summed E-state index contributed by atoms with van der Waals surface area (Å²) in [5, 5.41) is 13.7. The second-order valence-corrected chi connectivity index (χ2v) is 7.12. The number of hydrogen-bond acceptors (Lipinski definition) is 6. The number of nitrogens with zero attached hydrogens (tertiary/aromatic N) is 2. The molecule has 7 nitrogen and oxygen atoms in total. The standard InChI is InChI=1S/C9H10Cl4N4O.C2HF3O2/c10-6-4-15-8(16-5-1-2-14-3-5)17-7(6)18-9(11,12)13;3-2(4,5)1(6)7/h4-5,14H,1-3H2,(H,15,16,17);(H,6,7)/t5-;/m1./s1. The van der Waals surface area contributed by atoms with Crippen LogP contribution in [0, 0.1) is 0 Å². The van der Waals surface area contributed by atoms with Gasteiger partial charge in [-0.15, -0.1) is 0 Å². The molecule has 1 saturated heterocycles. The summed E-state index contributed by atoms with van der Waals surface area (Å²) in [5.74, 6) is -2.34. The van der Waals surface area contributed by atoms with Crippen molar-refractivity contribution in [2.45, 2.75) is 22.6 Å². The van der Waals surface area contributed by atoms with Gasteiger partial charge in [-0.2, -0.15) is 18.2 Å². The summed E-state index contributed by atoms with van der Waals surface area (Å²) in [6, 6.07) is 0.270. The molecule has 0 radical (unpaired) electrons. The average Bonchev–Trinajstić information content (AvgIpc) is 2.93. The zero-order chi connectivity index (χ0) is 19.3. The summed E-state index contributed by atoms with van der Waals surface area (Å²) < 4.78 is 34.8. The van der Waals surface area contributed by atoms with Crippen LogP contribution in [0.3, 0.4) is 0 Å². The molecule has 1 aromatic rings. The average molecular weight is 446 g/mol. The number of carboxylic acid groups (broad SMARTS) is 1. The lowest BCUT2D eigenvalue weighted by atomic mass is 10.3. The number of carbonyl (C=O) groups is 1. The molecule has 1 aliphatic rings. The number of carboxylic acids is 1. The first-order chi connectivity index (χ1) is 11.4. The van der Waals surface area contributed by atoms with Crippen molar-refractivity contribution in [3.63, 3.8) is 0 Å². The Morgan fingerprint density at radius 1 is 1.40 bits per heavy atom. The van der Waals surface area contributed by atoms with E-state index < -0.39 is 16.1 Å². The minimum atomic E-state index is -5.08. The molecule has 0 unspecified atom stereocenters. The first kappa shape index (κ1) is 22.1. The maximum atomic E-state index is 10.6. The van der Waals surface area contributed by atoms with Crippen molar-refractivity contribution >= 4 is 58.3 Å². The fourth-order valence-electron chi connectivity index (χ4n) is 1.56. The quantitative estimate of drug-likeness (QED) is 0.614. The molecule has 1 aliphatic heterocycles. The fraction of sp³-hybridized carbons (Fsp3) is 0.545. The van der Waals surface area contributed by atoms with Crippen LogP contribution in [-0.2, 0) is 4.79 Å². The number of aromatic nitrogens is 2. The molecule has 0 aliphatic carbocycles. The SMILES string of the molecule is Clc1cnc(N[C@@H]2CCNC2)nc1OC(Cl)(Cl)Cl.O=C(O)C(F)(F)F. The third-order valence-electron chi connectivity index (χ3n) is 2.56. The first-order valence-electron chi connectivity index (χ1n) is 6.44. The Kier molecular flexibility index (Phi) is 8.07. The Morgan fingerprint density at radius 3 is 2.44 bits per heavy atom. The molecule has 3 N–H and O–H groups in total. The predicted molar refractivity (Wildman–Crippen MR) is 86.5 cm³/mol. The zero-order valence-electron chi connectivity index (χ0n) is 12.1. The molecule has 1 fully saturated rings. The van der Waals surface area contributed by atoms with E-state index in [1.807, 2.05) is 0 Å². The summed E-state index contributed by atoms with van der Waals surface area (Å²) in [7, 11) is 0. The van der Waals surface area contributed by atoms with Crippen LogP contribution >= 0.6 is 46.4 Å². The van der Waals surface area contributed by atoms with Crippen LogP contribution in [-0.4, -0.2) is 50.3 Å². The van der Waals surface area contributed by atoms with E-state index in [9.17, 15) is 13.2 Å². The van der Waals surface area contributed by atoms with E-state index in [-0.39, 0.29) is 16.9 Å². The Labute approximate surface area is 159 Å². The number of halogens is 7. The van der Waals surface area contributed by atoms with E-state index in [2.05, 4.69) is 20.6 Å². The number of alkyl halides is 6. The molecule has 2 rings (SSSR count). The summed E-state index contributed by atoms with van der Waals surface area (Å²) in [5.41, 5.74) is 0. The van der Waals surface area contributed by atoms with Crippen LogP contribution in [0.15, 0.2) is 6.20 Å². The Morgan fingerprint density at radius 2 is 2.00 bits per heavy atom. The number of hydrogen-bond donors (Lipinski definition) is 3. The smallest absolute Gasteiger partial charge is 0.475 e. The van der Waals surface area contributed by atoms with Crippen LogP contribution in [0.25, 0.3) is 0 Å². The van der Waals surface area contributed by atoms with E-state index in [1.165, 1.54) is 6.20 Å². The van der Waals surface area contributed by atoms with Gasteiger partial charge in [-0.25, -0.2) is 9.78 Å². The van der Waals surface area contributed by atoms with E-state index in [0.29, 0.717) is 5.95 Å². The number of nitrogens with one attached hydrogen (secondary N) is 2. The molecular formula is C11H11Cl4F3N4O3. The normalized spacial score (nSPS) is 17.5. The summed E-state index contributed by atoms with van der Waals surface area (Å²) >= 11 is 22.4. The number of ether oxygens (including phenoxy) is 1.